The molecular formula is C9H20N2O2. The zero-order chi connectivity index (χ0) is 10.5. The highest BCUT2D eigenvalue weighted by Crippen LogP contribution is 2.05. The highest BCUT2D eigenvalue weighted by Gasteiger charge is 2.27. The molecule has 4 heteroatoms. The number of likely N-dealkylation sites (N-methyl/N-ethyl adjacent to an activating group) is 2. The van der Waals surface area contributed by atoms with Gasteiger partial charge in [-0.3, -0.25) is 4.79 Å². The average Bonchev–Trinajstić information content (AvgIpc) is 2.12. The van der Waals surface area contributed by atoms with Crippen molar-refractivity contribution < 1.29 is 9.53 Å². The first-order valence-corrected chi connectivity index (χ1v) is 4.39. The Morgan fingerprint density at radius 2 is 2.08 bits per heavy atom. The van der Waals surface area contributed by atoms with Crippen LogP contribution in [-0.2, 0) is 9.53 Å². The SMILES string of the molecule is CNC(C)(C)C(=O)N(C)CCOC. The fraction of sp³-hybridized carbons (Fsp3) is 0.889. The van der Waals surface area contributed by atoms with E-state index < -0.39 is 5.54 Å². The van der Waals surface area contributed by atoms with Crippen molar-refractivity contribution in [2.75, 3.05) is 34.4 Å². The smallest absolute Gasteiger partial charge is 0.242 e. The van der Waals surface area contributed by atoms with Crippen LogP contribution in [0.5, 0.6) is 0 Å². The Bertz CT molecular complexity index is 169. The first-order chi connectivity index (χ1) is 5.95. The van der Waals surface area contributed by atoms with Crippen LogP contribution in [0.1, 0.15) is 13.8 Å². The first-order valence-electron chi connectivity index (χ1n) is 4.39. The van der Waals surface area contributed by atoms with Gasteiger partial charge in [0, 0.05) is 20.7 Å². The highest BCUT2D eigenvalue weighted by molar-refractivity contribution is 5.85. The second kappa shape index (κ2) is 5.19. The van der Waals surface area contributed by atoms with E-state index in [-0.39, 0.29) is 5.91 Å². The molecule has 0 rings (SSSR count). The van der Waals surface area contributed by atoms with Crippen molar-refractivity contribution in [2.45, 2.75) is 19.4 Å². The van der Waals surface area contributed by atoms with E-state index in [0.717, 1.165) is 0 Å². The Kier molecular flexibility index (Phi) is 4.95. The van der Waals surface area contributed by atoms with Crippen LogP contribution in [0, 0.1) is 0 Å². The van der Waals surface area contributed by atoms with Crippen LogP contribution in [0.4, 0.5) is 0 Å². The first kappa shape index (κ1) is 12.4. The van der Waals surface area contributed by atoms with Crippen LogP contribution >= 0.6 is 0 Å². The molecular weight excluding hydrogens is 168 g/mol. The van der Waals surface area contributed by atoms with Crippen molar-refractivity contribution in [3.8, 4) is 0 Å². The van der Waals surface area contributed by atoms with Crippen molar-refractivity contribution in [1.82, 2.24) is 10.2 Å². The third kappa shape index (κ3) is 3.74. The minimum absolute atomic E-state index is 0.0760. The molecule has 78 valence electrons. The summed E-state index contributed by atoms with van der Waals surface area (Å²) < 4.78 is 4.89. The quantitative estimate of drug-likeness (QED) is 0.665. The van der Waals surface area contributed by atoms with E-state index in [1.807, 2.05) is 13.8 Å². The van der Waals surface area contributed by atoms with Crippen LogP contribution in [0.25, 0.3) is 0 Å². The van der Waals surface area contributed by atoms with Crippen LogP contribution in [0.2, 0.25) is 0 Å². The lowest BCUT2D eigenvalue weighted by atomic mass is 10.0. The molecule has 0 aliphatic heterocycles. The summed E-state index contributed by atoms with van der Waals surface area (Å²) in [5.74, 6) is 0.0760. The third-order valence-electron chi connectivity index (χ3n) is 2.14. The maximum Gasteiger partial charge on any atom is 0.242 e. The molecule has 0 saturated heterocycles. The molecule has 13 heavy (non-hydrogen) atoms. The summed E-state index contributed by atoms with van der Waals surface area (Å²) in [5.41, 5.74) is -0.498. The Morgan fingerprint density at radius 1 is 1.54 bits per heavy atom. The van der Waals surface area contributed by atoms with Gasteiger partial charge in [0.25, 0.3) is 0 Å². The van der Waals surface area contributed by atoms with E-state index in [0.29, 0.717) is 13.2 Å². The van der Waals surface area contributed by atoms with E-state index in [4.69, 9.17) is 4.74 Å². The van der Waals surface area contributed by atoms with Crippen molar-refractivity contribution in [1.29, 1.82) is 0 Å². The maximum absolute atomic E-state index is 11.7. The van der Waals surface area contributed by atoms with Crippen molar-refractivity contribution in [2.24, 2.45) is 0 Å². The molecule has 0 saturated carbocycles. The van der Waals surface area contributed by atoms with Gasteiger partial charge in [0.2, 0.25) is 5.91 Å². The van der Waals surface area contributed by atoms with Gasteiger partial charge < -0.3 is 15.0 Å². The van der Waals surface area contributed by atoms with Crippen LogP contribution < -0.4 is 5.32 Å². The van der Waals surface area contributed by atoms with Gasteiger partial charge in [-0.25, -0.2) is 0 Å². The highest BCUT2D eigenvalue weighted by atomic mass is 16.5. The number of amides is 1. The molecule has 0 aliphatic rings. The minimum Gasteiger partial charge on any atom is -0.383 e. The lowest BCUT2D eigenvalue weighted by molar-refractivity contribution is -0.136. The summed E-state index contributed by atoms with van der Waals surface area (Å²) in [6.45, 7) is 4.92. The number of methoxy groups -OCH3 is 1. The fourth-order valence-electron chi connectivity index (χ4n) is 0.914. The zero-order valence-corrected chi connectivity index (χ0v) is 9.18. The van der Waals surface area contributed by atoms with E-state index in [2.05, 4.69) is 5.32 Å². The molecule has 0 aromatic heterocycles. The summed E-state index contributed by atoms with van der Waals surface area (Å²) in [4.78, 5) is 13.4. The molecule has 1 amide bonds. The zero-order valence-electron chi connectivity index (χ0n) is 9.18. The number of carbonyl (C=O) groups is 1. The van der Waals surface area contributed by atoms with E-state index in [9.17, 15) is 4.79 Å². The normalized spacial score (nSPS) is 11.5. The van der Waals surface area contributed by atoms with Gasteiger partial charge in [0.15, 0.2) is 0 Å². The summed E-state index contributed by atoms with van der Waals surface area (Å²) >= 11 is 0. The van der Waals surface area contributed by atoms with Crippen LogP contribution in [0.15, 0.2) is 0 Å². The summed E-state index contributed by atoms with van der Waals surface area (Å²) in [7, 11) is 5.18. The van der Waals surface area contributed by atoms with Gasteiger partial charge >= 0.3 is 0 Å². The van der Waals surface area contributed by atoms with E-state index >= 15 is 0 Å². The van der Waals surface area contributed by atoms with Gasteiger partial charge in [-0.2, -0.15) is 0 Å². The summed E-state index contributed by atoms with van der Waals surface area (Å²) in [5, 5.41) is 2.97. The lowest BCUT2D eigenvalue weighted by Gasteiger charge is -2.28. The van der Waals surface area contributed by atoms with E-state index in [1.54, 1.807) is 26.1 Å². The van der Waals surface area contributed by atoms with Crippen molar-refractivity contribution >= 4 is 5.91 Å². The molecule has 4 nitrogen and oxygen atoms in total. The largest absolute Gasteiger partial charge is 0.383 e. The second-order valence-corrected chi connectivity index (χ2v) is 3.59. The number of carbonyl (C=O) groups excluding carboxylic acids is 1. The number of rotatable bonds is 5. The fourth-order valence-corrected chi connectivity index (χ4v) is 0.914. The molecule has 0 heterocycles. The predicted molar refractivity (Wildman–Crippen MR) is 52.7 cm³/mol. The topological polar surface area (TPSA) is 41.6 Å². The number of hydrogen-bond donors (Lipinski definition) is 1. The lowest BCUT2D eigenvalue weighted by Crippen LogP contribution is -2.52. The van der Waals surface area contributed by atoms with Gasteiger partial charge in [0.05, 0.1) is 12.1 Å². The molecule has 1 N–H and O–H groups in total. The van der Waals surface area contributed by atoms with Gasteiger partial charge in [-0.1, -0.05) is 0 Å². The Hall–Kier alpha value is -0.610. The standard InChI is InChI=1S/C9H20N2O2/c1-9(2,10-3)8(12)11(4)6-7-13-5/h10H,6-7H2,1-5H3. The number of nitrogens with one attached hydrogen (secondary N) is 1. The number of hydrogen-bond acceptors (Lipinski definition) is 3. The Morgan fingerprint density at radius 3 is 2.46 bits per heavy atom. The molecule has 0 aliphatic carbocycles. The van der Waals surface area contributed by atoms with Crippen LogP contribution in [-0.4, -0.2) is 50.7 Å². The van der Waals surface area contributed by atoms with Crippen LogP contribution in [0.3, 0.4) is 0 Å². The number of ether oxygens (including phenoxy) is 1. The molecule has 0 unspecified atom stereocenters. The molecule has 0 aromatic carbocycles. The van der Waals surface area contributed by atoms with E-state index in [1.165, 1.54) is 0 Å². The minimum atomic E-state index is -0.498. The summed E-state index contributed by atoms with van der Waals surface area (Å²) in [6.07, 6.45) is 0. The predicted octanol–water partition coefficient (Wildman–Crippen LogP) is 0.0892. The molecule has 0 radical (unpaired) electrons. The Labute approximate surface area is 80.2 Å². The Balaban J connectivity index is 4.09. The molecule has 0 aromatic rings. The summed E-state index contributed by atoms with van der Waals surface area (Å²) in [6, 6.07) is 0. The molecule has 0 atom stereocenters. The van der Waals surface area contributed by atoms with Crippen molar-refractivity contribution in [3.05, 3.63) is 0 Å². The average molecular weight is 188 g/mol. The van der Waals surface area contributed by atoms with Gasteiger partial charge in [-0.05, 0) is 20.9 Å². The number of nitrogens with zero attached hydrogens (tertiary/aromatic N) is 1. The molecule has 0 bridgehead atoms. The van der Waals surface area contributed by atoms with Gasteiger partial charge in [-0.15, -0.1) is 0 Å². The van der Waals surface area contributed by atoms with Gasteiger partial charge in [0.1, 0.15) is 0 Å². The molecule has 0 fully saturated rings. The third-order valence-corrected chi connectivity index (χ3v) is 2.14. The second-order valence-electron chi connectivity index (χ2n) is 3.59. The maximum atomic E-state index is 11.7. The van der Waals surface area contributed by atoms with Crippen molar-refractivity contribution in [3.63, 3.8) is 0 Å². The monoisotopic (exact) mass is 188 g/mol. The molecule has 0 spiro atoms.